The van der Waals surface area contributed by atoms with Gasteiger partial charge in [0, 0.05) is 16.5 Å². The van der Waals surface area contributed by atoms with E-state index in [1.54, 1.807) is 18.2 Å². The maximum atomic E-state index is 12.0. The third kappa shape index (κ3) is 5.08. The van der Waals surface area contributed by atoms with Gasteiger partial charge < -0.3 is 15.2 Å². The summed E-state index contributed by atoms with van der Waals surface area (Å²) in [4.78, 5) is 23.6. The van der Waals surface area contributed by atoms with Crippen LogP contribution in [0.15, 0.2) is 29.2 Å². The molecule has 0 atom stereocenters. The number of hydrogen-bond donors (Lipinski definition) is 1. The second-order valence-electron chi connectivity index (χ2n) is 5.33. The Morgan fingerprint density at radius 2 is 1.81 bits per heavy atom. The minimum absolute atomic E-state index is 0.0277. The first-order valence-corrected chi connectivity index (χ1v) is 8.38. The summed E-state index contributed by atoms with van der Waals surface area (Å²) in [5, 5.41) is 14.1. The first-order chi connectivity index (χ1) is 10.2. The van der Waals surface area contributed by atoms with E-state index >= 15 is 0 Å². The highest BCUT2D eigenvalue weighted by atomic mass is 32.2. The number of carbonyl (C=O) groups is 2. The molecule has 1 fully saturated rings. The molecule has 0 radical (unpaired) electrons. The minimum Gasteiger partial charge on any atom is -0.545 e. The molecule has 4 nitrogen and oxygen atoms in total. The molecule has 1 amide bonds. The van der Waals surface area contributed by atoms with Gasteiger partial charge >= 0.3 is 0 Å². The Hall–Kier alpha value is -1.49. The number of nitrogens with one attached hydrogen (secondary N) is 1. The number of benzene rings is 1. The van der Waals surface area contributed by atoms with Gasteiger partial charge in [-0.25, -0.2) is 0 Å². The van der Waals surface area contributed by atoms with E-state index in [2.05, 4.69) is 5.32 Å². The fourth-order valence-electron chi connectivity index (χ4n) is 2.60. The van der Waals surface area contributed by atoms with Crippen molar-refractivity contribution in [3.8, 4) is 0 Å². The SMILES string of the molecule is O=C(CSc1ccccc1C(=O)[O-])NC1CCCCCC1. The third-order valence-corrected chi connectivity index (χ3v) is 4.76. The first kappa shape index (κ1) is 15.9. The van der Waals surface area contributed by atoms with Gasteiger partial charge in [-0.05, 0) is 18.9 Å². The zero-order valence-electron chi connectivity index (χ0n) is 12.0. The standard InChI is InChI=1S/C16H21NO3S/c18-15(17-12-7-3-1-2-4-8-12)11-21-14-10-6-5-9-13(14)16(19)20/h5-6,9-10,12H,1-4,7-8,11H2,(H,17,18)(H,19,20)/p-1. The maximum absolute atomic E-state index is 12.0. The molecule has 1 aliphatic carbocycles. The molecule has 0 spiro atoms. The molecular formula is C16H20NO3S-. The van der Waals surface area contributed by atoms with Crippen LogP contribution >= 0.6 is 11.8 Å². The highest BCUT2D eigenvalue weighted by Crippen LogP contribution is 2.22. The van der Waals surface area contributed by atoms with Crippen LogP contribution < -0.4 is 10.4 Å². The van der Waals surface area contributed by atoms with Gasteiger partial charge in [0.2, 0.25) is 5.91 Å². The second kappa shape index (κ2) is 8.08. The van der Waals surface area contributed by atoms with Crippen molar-refractivity contribution in [2.75, 3.05) is 5.75 Å². The monoisotopic (exact) mass is 306 g/mol. The van der Waals surface area contributed by atoms with Crippen molar-refractivity contribution in [2.24, 2.45) is 0 Å². The lowest BCUT2D eigenvalue weighted by Gasteiger charge is -2.16. The van der Waals surface area contributed by atoms with E-state index in [9.17, 15) is 14.7 Å². The normalized spacial score (nSPS) is 16.2. The molecule has 0 unspecified atom stereocenters. The van der Waals surface area contributed by atoms with E-state index in [1.165, 1.54) is 43.5 Å². The van der Waals surface area contributed by atoms with Crippen molar-refractivity contribution in [1.82, 2.24) is 5.32 Å². The number of thioether (sulfide) groups is 1. The van der Waals surface area contributed by atoms with E-state index in [4.69, 9.17) is 0 Å². The second-order valence-corrected chi connectivity index (χ2v) is 6.35. The molecule has 1 saturated carbocycles. The molecule has 0 bridgehead atoms. The van der Waals surface area contributed by atoms with Crippen molar-refractivity contribution < 1.29 is 14.7 Å². The average molecular weight is 306 g/mol. The summed E-state index contributed by atoms with van der Waals surface area (Å²) in [6.45, 7) is 0. The number of rotatable bonds is 5. The Morgan fingerprint density at radius 3 is 2.48 bits per heavy atom. The molecular weight excluding hydrogens is 286 g/mol. The molecule has 2 rings (SSSR count). The van der Waals surface area contributed by atoms with Gasteiger partial charge in [-0.2, -0.15) is 0 Å². The van der Waals surface area contributed by atoms with Gasteiger partial charge in [-0.1, -0.05) is 43.9 Å². The van der Waals surface area contributed by atoms with Gasteiger partial charge in [0.15, 0.2) is 0 Å². The van der Waals surface area contributed by atoms with Crippen LogP contribution in [-0.2, 0) is 4.79 Å². The molecule has 0 saturated heterocycles. The van der Waals surface area contributed by atoms with Crippen LogP contribution in [0.2, 0.25) is 0 Å². The van der Waals surface area contributed by atoms with Gasteiger partial charge in [0.25, 0.3) is 0 Å². The fraction of sp³-hybridized carbons (Fsp3) is 0.500. The number of carboxylic acids is 1. The van der Waals surface area contributed by atoms with Gasteiger partial charge in [-0.15, -0.1) is 11.8 Å². The quantitative estimate of drug-likeness (QED) is 0.667. The smallest absolute Gasteiger partial charge is 0.230 e. The van der Waals surface area contributed by atoms with E-state index in [0.717, 1.165) is 12.8 Å². The topological polar surface area (TPSA) is 69.2 Å². The zero-order valence-corrected chi connectivity index (χ0v) is 12.8. The van der Waals surface area contributed by atoms with Crippen molar-refractivity contribution in [1.29, 1.82) is 0 Å². The fourth-order valence-corrected chi connectivity index (χ4v) is 3.45. The van der Waals surface area contributed by atoms with Gasteiger partial charge in [-0.3, -0.25) is 4.79 Å². The summed E-state index contributed by atoms with van der Waals surface area (Å²) < 4.78 is 0. The summed E-state index contributed by atoms with van der Waals surface area (Å²) >= 11 is 1.24. The molecule has 114 valence electrons. The lowest BCUT2D eigenvalue weighted by Crippen LogP contribution is -2.35. The van der Waals surface area contributed by atoms with E-state index in [1.807, 2.05) is 0 Å². The predicted molar refractivity (Wildman–Crippen MR) is 81.1 cm³/mol. The average Bonchev–Trinajstić information content (AvgIpc) is 2.74. The Balaban J connectivity index is 1.85. The van der Waals surface area contributed by atoms with Crippen molar-refractivity contribution in [3.63, 3.8) is 0 Å². The molecule has 1 aromatic carbocycles. The number of aromatic carboxylic acids is 1. The molecule has 0 aromatic heterocycles. The largest absolute Gasteiger partial charge is 0.545 e. The highest BCUT2D eigenvalue weighted by Gasteiger charge is 2.15. The van der Waals surface area contributed by atoms with E-state index < -0.39 is 5.97 Å². The Labute approximate surface area is 129 Å². The maximum Gasteiger partial charge on any atom is 0.230 e. The lowest BCUT2D eigenvalue weighted by molar-refractivity contribution is -0.255. The molecule has 21 heavy (non-hydrogen) atoms. The summed E-state index contributed by atoms with van der Waals surface area (Å²) in [5.74, 6) is -0.997. The van der Waals surface area contributed by atoms with E-state index in [-0.39, 0.29) is 23.3 Å². The summed E-state index contributed by atoms with van der Waals surface area (Å²) in [6, 6.07) is 6.89. The lowest BCUT2D eigenvalue weighted by atomic mass is 10.1. The van der Waals surface area contributed by atoms with Crippen molar-refractivity contribution >= 4 is 23.6 Å². The van der Waals surface area contributed by atoms with Crippen LogP contribution in [0.5, 0.6) is 0 Å². The van der Waals surface area contributed by atoms with Crippen LogP contribution in [-0.4, -0.2) is 23.7 Å². The Kier molecular flexibility index (Phi) is 6.11. The first-order valence-electron chi connectivity index (χ1n) is 7.39. The molecule has 5 heteroatoms. The minimum atomic E-state index is -1.21. The molecule has 0 aliphatic heterocycles. The highest BCUT2D eigenvalue weighted by molar-refractivity contribution is 8.00. The molecule has 0 heterocycles. The number of hydrogen-bond acceptors (Lipinski definition) is 4. The molecule has 1 aliphatic rings. The van der Waals surface area contributed by atoms with Crippen LogP contribution in [0, 0.1) is 0 Å². The summed E-state index contributed by atoms with van der Waals surface area (Å²) in [5.41, 5.74) is 0.143. The third-order valence-electron chi connectivity index (χ3n) is 3.69. The molecule has 1 N–H and O–H groups in total. The van der Waals surface area contributed by atoms with E-state index in [0.29, 0.717) is 4.90 Å². The Morgan fingerprint density at radius 1 is 1.14 bits per heavy atom. The predicted octanol–water partition coefficient (Wildman–Crippen LogP) is 1.98. The van der Waals surface area contributed by atoms with Crippen LogP contribution in [0.25, 0.3) is 0 Å². The summed E-state index contributed by atoms with van der Waals surface area (Å²) in [7, 11) is 0. The Bertz CT molecular complexity index is 496. The number of carboxylic acid groups (broad SMARTS) is 1. The molecule has 1 aromatic rings. The zero-order chi connectivity index (χ0) is 15.1. The van der Waals surface area contributed by atoms with Crippen LogP contribution in [0.1, 0.15) is 48.9 Å². The number of amides is 1. The van der Waals surface area contributed by atoms with Crippen LogP contribution in [0.3, 0.4) is 0 Å². The number of carbonyl (C=O) groups excluding carboxylic acids is 2. The van der Waals surface area contributed by atoms with Crippen molar-refractivity contribution in [3.05, 3.63) is 29.8 Å². The van der Waals surface area contributed by atoms with Crippen LogP contribution in [0.4, 0.5) is 0 Å². The van der Waals surface area contributed by atoms with Gasteiger partial charge in [0.1, 0.15) is 0 Å². The summed E-state index contributed by atoms with van der Waals surface area (Å²) in [6.07, 6.45) is 6.94. The van der Waals surface area contributed by atoms with Crippen molar-refractivity contribution in [2.45, 2.75) is 49.5 Å². The van der Waals surface area contributed by atoms with Gasteiger partial charge in [0.05, 0.1) is 11.7 Å².